The van der Waals surface area contributed by atoms with Gasteiger partial charge in [0.2, 0.25) is 0 Å². The van der Waals surface area contributed by atoms with E-state index in [9.17, 15) is 13.2 Å². The molecule has 0 amide bonds. The second kappa shape index (κ2) is 8.22. The number of hydrogen-bond acceptors (Lipinski definition) is 2. The van der Waals surface area contributed by atoms with Crippen molar-refractivity contribution in [2.75, 3.05) is 33.7 Å². The Morgan fingerprint density at radius 2 is 1.87 bits per heavy atom. The Kier molecular flexibility index (Phi) is 6.56. The average molecular weight is 334 g/mol. The zero-order chi connectivity index (χ0) is 16.9. The summed E-state index contributed by atoms with van der Waals surface area (Å²) in [5.41, 5.74) is 0. The molecule has 134 valence electrons. The zero-order valence-corrected chi connectivity index (χ0v) is 14.1. The minimum absolute atomic E-state index is 0.0723. The number of hydrogen-bond donors (Lipinski definition) is 2. The topological polar surface area (TPSA) is 39.7 Å². The van der Waals surface area contributed by atoms with Crippen LogP contribution in [0.5, 0.6) is 0 Å². The molecule has 0 spiro atoms. The third-order valence-corrected chi connectivity index (χ3v) is 5.20. The molecule has 1 saturated heterocycles. The van der Waals surface area contributed by atoms with E-state index in [1.807, 2.05) is 0 Å². The number of halogens is 3. The fraction of sp³-hybridized carbons (Fsp3) is 0.938. The van der Waals surface area contributed by atoms with Gasteiger partial charge in [-0.2, -0.15) is 13.2 Å². The Morgan fingerprint density at radius 1 is 1.13 bits per heavy atom. The molecule has 1 saturated carbocycles. The first-order valence-corrected chi connectivity index (χ1v) is 8.61. The van der Waals surface area contributed by atoms with Crippen LogP contribution < -0.4 is 10.6 Å². The third-order valence-electron chi connectivity index (χ3n) is 5.20. The molecule has 3 unspecified atom stereocenters. The molecule has 23 heavy (non-hydrogen) atoms. The molecule has 7 heteroatoms. The van der Waals surface area contributed by atoms with Gasteiger partial charge in [0.1, 0.15) is 0 Å². The van der Waals surface area contributed by atoms with Gasteiger partial charge in [-0.3, -0.25) is 4.99 Å². The highest BCUT2D eigenvalue weighted by Gasteiger charge is 2.42. The van der Waals surface area contributed by atoms with E-state index in [2.05, 4.69) is 27.6 Å². The highest BCUT2D eigenvalue weighted by atomic mass is 19.4. The molecular formula is C16H29F3N4. The van der Waals surface area contributed by atoms with E-state index in [0.29, 0.717) is 25.0 Å². The number of aliphatic imine (C=N–C) groups is 1. The van der Waals surface area contributed by atoms with Crippen molar-refractivity contribution in [1.29, 1.82) is 0 Å². The Morgan fingerprint density at radius 3 is 2.48 bits per heavy atom. The lowest BCUT2D eigenvalue weighted by Gasteiger charge is -2.31. The molecule has 0 aromatic carbocycles. The van der Waals surface area contributed by atoms with Crippen molar-refractivity contribution in [2.45, 2.75) is 50.7 Å². The Bertz CT molecular complexity index is 397. The summed E-state index contributed by atoms with van der Waals surface area (Å²) in [4.78, 5) is 6.51. The van der Waals surface area contributed by atoms with Crippen LogP contribution in [0.3, 0.4) is 0 Å². The minimum Gasteiger partial charge on any atom is -0.356 e. The van der Waals surface area contributed by atoms with Crippen molar-refractivity contribution >= 4 is 5.96 Å². The van der Waals surface area contributed by atoms with Crippen molar-refractivity contribution in [3.05, 3.63) is 0 Å². The van der Waals surface area contributed by atoms with Crippen LogP contribution in [0.4, 0.5) is 13.2 Å². The fourth-order valence-corrected chi connectivity index (χ4v) is 3.69. The maximum atomic E-state index is 12.8. The van der Waals surface area contributed by atoms with Crippen LogP contribution >= 0.6 is 0 Å². The molecule has 2 aliphatic rings. The van der Waals surface area contributed by atoms with Gasteiger partial charge in [-0.15, -0.1) is 0 Å². The molecular weight excluding hydrogens is 305 g/mol. The molecule has 4 nitrogen and oxygen atoms in total. The van der Waals surface area contributed by atoms with E-state index in [1.165, 1.54) is 12.8 Å². The van der Waals surface area contributed by atoms with Crippen molar-refractivity contribution < 1.29 is 13.2 Å². The van der Waals surface area contributed by atoms with Crippen LogP contribution in [0, 0.1) is 11.8 Å². The van der Waals surface area contributed by atoms with E-state index >= 15 is 0 Å². The third kappa shape index (κ3) is 5.55. The maximum absolute atomic E-state index is 12.8. The lowest BCUT2D eigenvalue weighted by molar-refractivity contribution is -0.185. The van der Waals surface area contributed by atoms with Gasteiger partial charge in [0.05, 0.1) is 5.92 Å². The Balaban J connectivity index is 1.72. The molecule has 2 N–H and O–H groups in total. The van der Waals surface area contributed by atoms with Gasteiger partial charge in [-0.1, -0.05) is 6.42 Å². The molecule has 0 aromatic rings. The first-order chi connectivity index (χ1) is 10.9. The summed E-state index contributed by atoms with van der Waals surface area (Å²) >= 11 is 0. The lowest BCUT2D eigenvalue weighted by Crippen LogP contribution is -2.45. The average Bonchev–Trinajstić information content (AvgIpc) is 2.92. The van der Waals surface area contributed by atoms with Crippen molar-refractivity contribution in [1.82, 2.24) is 15.5 Å². The summed E-state index contributed by atoms with van der Waals surface area (Å²) in [6.07, 6.45) is 0.384. The predicted molar refractivity (Wildman–Crippen MR) is 86.5 cm³/mol. The van der Waals surface area contributed by atoms with Gasteiger partial charge in [-0.05, 0) is 51.6 Å². The van der Waals surface area contributed by atoms with Crippen LogP contribution in [0.25, 0.3) is 0 Å². The van der Waals surface area contributed by atoms with Crippen molar-refractivity contribution in [3.8, 4) is 0 Å². The van der Waals surface area contributed by atoms with E-state index in [-0.39, 0.29) is 18.8 Å². The SMILES string of the molecule is CN=C(NCC1CCCC(C(F)(F)F)C1)NCC1CCCN1C. The number of likely N-dealkylation sites (tertiary alicyclic amines) is 1. The highest BCUT2D eigenvalue weighted by molar-refractivity contribution is 5.79. The predicted octanol–water partition coefficient (Wildman–Crippen LogP) is 2.61. The van der Waals surface area contributed by atoms with Crippen LogP contribution in [0.15, 0.2) is 4.99 Å². The summed E-state index contributed by atoms with van der Waals surface area (Å²) < 4.78 is 38.5. The first kappa shape index (κ1) is 18.4. The van der Waals surface area contributed by atoms with Gasteiger partial charge in [0.25, 0.3) is 0 Å². The molecule has 2 rings (SSSR count). The Hall–Kier alpha value is -0.980. The smallest absolute Gasteiger partial charge is 0.356 e. The van der Waals surface area contributed by atoms with E-state index in [1.54, 1.807) is 7.05 Å². The second-order valence-corrected chi connectivity index (χ2v) is 6.88. The largest absolute Gasteiger partial charge is 0.391 e. The van der Waals surface area contributed by atoms with E-state index < -0.39 is 12.1 Å². The molecule has 1 aliphatic heterocycles. The van der Waals surface area contributed by atoms with Gasteiger partial charge in [-0.25, -0.2) is 0 Å². The molecule has 0 radical (unpaired) electrons. The molecule has 0 bridgehead atoms. The molecule has 0 aromatic heterocycles. The number of nitrogens with one attached hydrogen (secondary N) is 2. The normalized spacial score (nSPS) is 30.5. The summed E-state index contributed by atoms with van der Waals surface area (Å²) in [6, 6.07) is 0.512. The van der Waals surface area contributed by atoms with Crippen LogP contribution in [0.2, 0.25) is 0 Å². The number of rotatable bonds is 4. The number of guanidine groups is 1. The first-order valence-electron chi connectivity index (χ1n) is 8.61. The quantitative estimate of drug-likeness (QED) is 0.613. The second-order valence-electron chi connectivity index (χ2n) is 6.88. The summed E-state index contributed by atoms with van der Waals surface area (Å²) in [6.45, 7) is 2.51. The van der Waals surface area contributed by atoms with E-state index in [4.69, 9.17) is 0 Å². The molecule has 1 heterocycles. The lowest BCUT2D eigenvalue weighted by atomic mass is 9.81. The van der Waals surface area contributed by atoms with Crippen LogP contribution in [-0.2, 0) is 0 Å². The molecule has 1 aliphatic carbocycles. The minimum atomic E-state index is -4.05. The monoisotopic (exact) mass is 334 g/mol. The number of nitrogens with zero attached hydrogens (tertiary/aromatic N) is 2. The van der Waals surface area contributed by atoms with Gasteiger partial charge in [0.15, 0.2) is 5.96 Å². The van der Waals surface area contributed by atoms with Crippen LogP contribution in [-0.4, -0.2) is 56.8 Å². The van der Waals surface area contributed by atoms with Crippen molar-refractivity contribution in [3.63, 3.8) is 0 Å². The zero-order valence-electron chi connectivity index (χ0n) is 14.1. The van der Waals surface area contributed by atoms with Crippen molar-refractivity contribution in [2.24, 2.45) is 16.8 Å². The van der Waals surface area contributed by atoms with Gasteiger partial charge < -0.3 is 15.5 Å². The van der Waals surface area contributed by atoms with Gasteiger partial charge >= 0.3 is 6.18 Å². The van der Waals surface area contributed by atoms with Gasteiger partial charge in [0, 0.05) is 26.2 Å². The van der Waals surface area contributed by atoms with E-state index in [0.717, 1.165) is 19.5 Å². The standard InChI is InChI=1S/C16H29F3N4/c1-20-15(22-11-14-7-4-8-23(14)2)21-10-12-5-3-6-13(9-12)16(17,18)19/h12-14H,3-11H2,1-2H3,(H2,20,21,22). The fourth-order valence-electron chi connectivity index (χ4n) is 3.69. The number of alkyl halides is 3. The van der Waals surface area contributed by atoms with Crippen LogP contribution in [0.1, 0.15) is 38.5 Å². The molecule has 3 atom stereocenters. The Labute approximate surface area is 136 Å². The summed E-state index contributed by atoms with van der Waals surface area (Å²) in [7, 11) is 3.82. The summed E-state index contributed by atoms with van der Waals surface area (Å²) in [5.74, 6) is -0.368. The maximum Gasteiger partial charge on any atom is 0.391 e. The molecule has 2 fully saturated rings. The number of likely N-dealkylation sites (N-methyl/N-ethyl adjacent to an activating group) is 1. The summed E-state index contributed by atoms with van der Waals surface area (Å²) in [5, 5.41) is 6.50. The highest BCUT2D eigenvalue weighted by Crippen LogP contribution is 2.39.